The molecule has 0 radical (unpaired) electrons. The van der Waals surface area contributed by atoms with E-state index in [1.807, 2.05) is 0 Å². The Morgan fingerprint density at radius 3 is 2.67 bits per heavy atom. The van der Waals surface area contributed by atoms with Crippen LogP contribution in [0.3, 0.4) is 0 Å². The lowest BCUT2D eigenvalue weighted by molar-refractivity contribution is 0.171. The van der Waals surface area contributed by atoms with Crippen LogP contribution in [0.15, 0.2) is 48.2 Å². The summed E-state index contributed by atoms with van der Waals surface area (Å²) in [5, 5.41) is 5.98. The lowest BCUT2D eigenvalue weighted by Gasteiger charge is -2.36. The van der Waals surface area contributed by atoms with Gasteiger partial charge in [-0.25, -0.2) is 4.39 Å². The largest absolute Gasteiger partial charge is 0.378 e. The molecule has 1 saturated carbocycles. The third-order valence-corrected chi connectivity index (χ3v) is 8.58. The number of nitrogens with one attached hydrogen (secondary N) is 3. The molecule has 7 heteroatoms. The van der Waals surface area contributed by atoms with Crippen LogP contribution in [-0.4, -0.2) is 35.6 Å². The van der Waals surface area contributed by atoms with Crippen molar-refractivity contribution in [2.45, 2.75) is 64.0 Å². The number of halogens is 2. The molecule has 36 heavy (non-hydrogen) atoms. The van der Waals surface area contributed by atoms with Crippen LogP contribution in [0.2, 0.25) is 5.02 Å². The number of allylic oxidation sites excluding steroid dienone is 1. The van der Waals surface area contributed by atoms with Crippen LogP contribution in [0.5, 0.6) is 0 Å². The van der Waals surface area contributed by atoms with E-state index in [2.05, 4.69) is 57.4 Å². The van der Waals surface area contributed by atoms with Crippen LogP contribution in [0.1, 0.15) is 74.6 Å². The zero-order valence-corrected chi connectivity index (χ0v) is 21.7. The molecule has 1 aliphatic carbocycles. The minimum atomic E-state index is -0.394. The highest BCUT2D eigenvalue weighted by molar-refractivity contribution is 6.31. The topological polar surface area (TPSA) is 42.6 Å². The summed E-state index contributed by atoms with van der Waals surface area (Å²) in [7, 11) is 0. The molecule has 0 aromatic heterocycles. The molecule has 3 heterocycles. The van der Waals surface area contributed by atoms with Gasteiger partial charge in [-0.1, -0.05) is 49.1 Å². The predicted octanol–water partition coefficient (Wildman–Crippen LogP) is 6.47. The molecule has 6 rings (SSSR count). The number of hydrogen-bond acceptors (Lipinski definition) is 5. The van der Waals surface area contributed by atoms with Crippen LogP contribution in [0.4, 0.5) is 10.1 Å². The molecule has 1 unspecified atom stereocenters. The van der Waals surface area contributed by atoms with Crippen molar-refractivity contribution in [3.05, 3.63) is 75.7 Å². The van der Waals surface area contributed by atoms with E-state index in [1.165, 1.54) is 66.1 Å². The van der Waals surface area contributed by atoms with Crippen molar-refractivity contribution >= 4 is 28.6 Å². The van der Waals surface area contributed by atoms with Crippen LogP contribution in [0.25, 0.3) is 11.3 Å². The van der Waals surface area contributed by atoms with E-state index < -0.39 is 5.82 Å². The monoisotopic (exact) mass is 507 g/mol. The Morgan fingerprint density at radius 1 is 1.03 bits per heavy atom. The Kier molecular flexibility index (Phi) is 6.67. The van der Waals surface area contributed by atoms with Gasteiger partial charge in [-0.05, 0) is 73.6 Å². The Morgan fingerprint density at radius 2 is 1.89 bits per heavy atom. The van der Waals surface area contributed by atoms with Gasteiger partial charge in [-0.3, -0.25) is 9.91 Å². The number of fused-ring (bicyclic) bond motifs is 3. The Bertz CT molecular complexity index is 1200. The van der Waals surface area contributed by atoms with Crippen molar-refractivity contribution in [1.82, 2.24) is 20.9 Å². The van der Waals surface area contributed by atoms with Gasteiger partial charge in [-0.2, -0.15) is 0 Å². The standard InChI is InChI=1S/C29H35ClFN5/c1-19-29-24-9-7-21(20-11-14-35(15-12-20)23-5-3-2-4-6-23)17-25(24)28(13-16-36(29)34-33-19)32-22-8-10-27(31)26(30)18-22/h7-11,17-18,23,28,32-34H,2-6,12-16H2,1H3. The zero-order valence-electron chi connectivity index (χ0n) is 20.9. The molecule has 4 aliphatic rings. The number of nitrogens with zero attached hydrogens (tertiary/aromatic N) is 2. The summed E-state index contributed by atoms with van der Waals surface area (Å²) >= 11 is 6.10. The molecule has 5 nitrogen and oxygen atoms in total. The molecule has 0 bridgehead atoms. The third-order valence-electron chi connectivity index (χ3n) is 8.29. The van der Waals surface area contributed by atoms with E-state index in [-0.39, 0.29) is 11.1 Å². The van der Waals surface area contributed by atoms with Gasteiger partial charge in [-0.15, -0.1) is 5.53 Å². The first-order valence-corrected chi connectivity index (χ1v) is 13.7. The minimum absolute atomic E-state index is 0.0807. The van der Waals surface area contributed by atoms with Crippen molar-refractivity contribution in [1.29, 1.82) is 0 Å². The predicted molar refractivity (Wildman–Crippen MR) is 145 cm³/mol. The molecule has 190 valence electrons. The second kappa shape index (κ2) is 10.1. The second-order valence-electron chi connectivity index (χ2n) is 10.5. The summed E-state index contributed by atoms with van der Waals surface area (Å²) in [4.78, 5) is 2.69. The average molecular weight is 508 g/mol. The summed E-state index contributed by atoms with van der Waals surface area (Å²) in [5.41, 5.74) is 15.0. The van der Waals surface area contributed by atoms with Crippen LogP contribution in [0, 0.1) is 5.82 Å². The van der Waals surface area contributed by atoms with Gasteiger partial charge in [0.1, 0.15) is 5.82 Å². The molecule has 0 spiro atoms. The Labute approximate surface area is 218 Å². The number of anilines is 1. The molecule has 0 amide bonds. The molecule has 2 aromatic rings. The smallest absolute Gasteiger partial charge is 0.141 e. The molecule has 1 atom stereocenters. The number of benzene rings is 2. The first-order valence-electron chi connectivity index (χ1n) is 13.4. The van der Waals surface area contributed by atoms with E-state index >= 15 is 0 Å². The molecule has 3 N–H and O–H groups in total. The van der Waals surface area contributed by atoms with Crippen molar-refractivity contribution < 1.29 is 4.39 Å². The molecule has 1 fully saturated rings. The maximum absolute atomic E-state index is 13.8. The van der Waals surface area contributed by atoms with E-state index in [0.29, 0.717) is 0 Å². The third kappa shape index (κ3) is 4.62. The number of hydrazine groups is 2. The summed E-state index contributed by atoms with van der Waals surface area (Å²) in [6.07, 6.45) is 11.3. The van der Waals surface area contributed by atoms with Gasteiger partial charge in [0.25, 0.3) is 0 Å². The van der Waals surface area contributed by atoms with Gasteiger partial charge in [0.2, 0.25) is 0 Å². The van der Waals surface area contributed by atoms with Crippen molar-refractivity contribution in [3.8, 4) is 0 Å². The van der Waals surface area contributed by atoms with E-state index in [1.54, 1.807) is 12.1 Å². The van der Waals surface area contributed by atoms with E-state index in [4.69, 9.17) is 11.6 Å². The summed E-state index contributed by atoms with van der Waals surface area (Å²) in [5.74, 6) is -0.394. The minimum Gasteiger partial charge on any atom is -0.378 e. The Balaban J connectivity index is 1.32. The molecule has 2 aromatic carbocycles. The van der Waals surface area contributed by atoms with E-state index in [9.17, 15) is 4.39 Å². The highest BCUT2D eigenvalue weighted by atomic mass is 35.5. The normalized spacial score (nSPS) is 23.0. The summed E-state index contributed by atoms with van der Waals surface area (Å²) in [6, 6.07) is 12.7. The summed E-state index contributed by atoms with van der Waals surface area (Å²) < 4.78 is 13.8. The van der Waals surface area contributed by atoms with Crippen LogP contribution >= 0.6 is 11.6 Å². The SMILES string of the molecule is CC1=C2c3ccc(C4=CCN(C5CCCCC5)CC4)cc3C(Nc3ccc(F)c(Cl)c3)CCN2NN1. The highest BCUT2D eigenvalue weighted by Gasteiger charge is 2.31. The molecule has 3 aliphatic heterocycles. The maximum Gasteiger partial charge on any atom is 0.141 e. The number of rotatable bonds is 4. The first-order chi connectivity index (χ1) is 17.6. The van der Waals surface area contributed by atoms with Gasteiger partial charge < -0.3 is 10.7 Å². The molecular weight excluding hydrogens is 473 g/mol. The van der Waals surface area contributed by atoms with Crippen molar-refractivity contribution in [2.75, 3.05) is 25.0 Å². The summed E-state index contributed by atoms with van der Waals surface area (Å²) in [6.45, 7) is 5.15. The molecular formula is C29H35ClFN5. The number of hydrogen-bond donors (Lipinski definition) is 3. The van der Waals surface area contributed by atoms with Crippen molar-refractivity contribution in [3.63, 3.8) is 0 Å². The zero-order chi connectivity index (χ0) is 24.6. The fourth-order valence-corrected chi connectivity index (χ4v) is 6.51. The second-order valence-corrected chi connectivity index (χ2v) is 11.0. The Hall–Kier alpha value is -2.54. The lowest BCUT2D eigenvalue weighted by Crippen LogP contribution is -2.39. The van der Waals surface area contributed by atoms with Crippen LogP contribution < -0.4 is 16.3 Å². The molecule has 0 saturated heterocycles. The van der Waals surface area contributed by atoms with Gasteiger partial charge in [0.15, 0.2) is 0 Å². The fourth-order valence-electron chi connectivity index (χ4n) is 6.33. The van der Waals surface area contributed by atoms with Gasteiger partial charge in [0, 0.05) is 36.9 Å². The quantitative estimate of drug-likeness (QED) is 0.442. The maximum atomic E-state index is 13.8. The average Bonchev–Trinajstić information content (AvgIpc) is 3.21. The van der Waals surface area contributed by atoms with Crippen molar-refractivity contribution in [2.24, 2.45) is 0 Å². The fraction of sp³-hybridized carbons (Fsp3) is 0.448. The highest BCUT2D eigenvalue weighted by Crippen LogP contribution is 2.39. The first kappa shape index (κ1) is 23.8. The van der Waals surface area contributed by atoms with Gasteiger partial charge in [0.05, 0.1) is 22.5 Å². The van der Waals surface area contributed by atoms with Gasteiger partial charge >= 0.3 is 0 Å². The van der Waals surface area contributed by atoms with E-state index in [0.717, 1.165) is 49.9 Å². The van der Waals surface area contributed by atoms with Crippen LogP contribution in [-0.2, 0) is 0 Å². The lowest BCUT2D eigenvalue weighted by atomic mass is 9.89.